The van der Waals surface area contributed by atoms with Crippen molar-refractivity contribution in [3.05, 3.63) is 135 Å². The summed E-state index contributed by atoms with van der Waals surface area (Å²) in [5, 5.41) is 13.4. The molecule has 0 spiro atoms. The van der Waals surface area contributed by atoms with E-state index in [1.807, 2.05) is 72.8 Å². The van der Waals surface area contributed by atoms with Crippen molar-refractivity contribution in [2.24, 2.45) is 0 Å². The van der Waals surface area contributed by atoms with Crippen LogP contribution < -0.4 is 0 Å². The molecule has 12 nitrogen and oxygen atoms in total. The smallest absolute Gasteiger partial charge is 0.261 e. The van der Waals surface area contributed by atoms with E-state index in [1.54, 1.807) is 19.6 Å². The van der Waals surface area contributed by atoms with Gasteiger partial charge >= 0.3 is 0 Å². The zero-order valence-electron chi connectivity index (χ0n) is 75.7. The van der Waals surface area contributed by atoms with E-state index in [1.165, 1.54) is 154 Å². The van der Waals surface area contributed by atoms with Gasteiger partial charge in [0.15, 0.2) is 0 Å². The Labute approximate surface area is 772 Å². The SMILES string of the molecule is CCCCCCCC(CCCCCCC)N1C(=O)c2ccc3c4c(Br)cc5c6c(cc(Br)c(c7ccc(c2c37)C1=O)c64)C(=O)N(C(CCCCCCC)CCCCCCC)C5=O.CCCCCCCC(CCCCCCC)N1C(=O)c2ccc3c4c(Br)cc5c6c(ccc(c7c(Br)cc(c2c37)C1=O)c64)C(=O)N(C(CCCCCCC)CCCCCCC)C5=O. The van der Waals surface area contributed by atoms with Crippen LogP contribution in [0.1, 0.15) is 446 Å². The number of carbonyl (C=O) groups excluding carboxylic acids is 8. The largest absolute Gasteiger partial charge is 0.271 e. The molecule has 8 amide bonds. The molecule has 0 fully saturated rings. The molecule has 0 radical (unpaired) electrons. The first-order valence-electron chi connectivity index (χ1n) is 49.1. The summed E-state index contributed by atoms with van der Waals surface area (Å²) in [7, 11) is 0. The second-order valence-electron chi connectivity index (χ2n) is 36.9. The molecule has 10 aromatic carbocycles. The van der Waals surface area contributed by atoms with Gasteiger partial charge in [0, 0.05) is 146 Å². The van der Waals surface area contributed by atoms with Crippen molar-refractivity contribution in [2.75, 3.05) is 0 Å². The van der Waals surface area contributed by atoms with Crippen LogP contribution in [0, 0.1) is 0 Å². The van der Waals surface area contributed by atoms with Crippen molar-refractivity contribution in [2.45, 2.75) is 388 Å². The number of rotatable bonds is 52. The maximum atomic E-state index is 14.8. The van der Waals surface area contributed by atoms with Crippen LogP contribution in [0.15, 0.2) is 90.7 Å². The molecule has 4 aliphatic rings. The van der Waals surface area contributed by atoms with Crippen molar-refractivity contribution in [3.8, 4) is 0 Å². The summed E-state index contributed by atoms with van der Waals surface area (Å²) in [5.41, 5.74) is 4.47. The highest BCUT2D eigenvalue weighted by Gasteiger charge is 2.45. The molecule has 0 N–H and O–H groups in total. The Morgan fingerprint density at radius 1 is 0.185 bits per heavy atom. The minimum atomic E-state index is -0.215. The first-order chi connectivity index (χ1) is 60.4. The second kappa shape index (κ2) is 45.0. The number of imide groups is 4. The Hall–Kier alpha value is -6.72. The van der Waals surface area contributed by atoms with Crippen LogP contribution in [0.4, 0.5) is 0 Å². The van der Waals surface area contributed by atoms with E-state index in [2.05, 4.69) is 119 Å². The van der Waals surface area contributed by atoms with Gasteiger partial charge in [0.05, 0.1) is 0 Å². The molecule has 0 saturated carbocycles. The summed E-state index contributed by atoms with van der Waals surface area (Å²) in [6, 6.07) is 22.9. The number of unbranched alkanes of at least 4 members (excludes halogenated alkanes) is 32. The lowest BCUT2D eigenvalue weighted by Crippen LogP contribution is -2.47. The normalized spacial score (nSPS) is 14.3. The van der Waals surface area contributed by atoms with Crippen LogP contribution in [-0.2, 0) is 0 Å². The lowest BCUT2D eigenvalue weighted by Gasteiger charge is -2.36. The summed E-state index contributed by atoms with van der Waals surface area (Å²) >= 11 is 15.8. The van der Waals surface area contributed by atoms with Crippen molar-refractivity contribution < 1.29 is 38.4 Å². The predicted octanol–water partition coefficient (Wildman–Crippen LogP) is 33.3. The molecule has 4 aliphatic heterocycles. The van der Waals surface area contributed by atoms with E-state index in [0.29, 0.717) is 66.1 Å². The van der Waals surface area contributed by atoms with Gasteiger partial charge in [0.2, 0.25) is 0 Å². The highest BCUT2D eigenvalue weighted by molar-refractivity contribution is 9.11. The van der Waals surface area contributed by atoms with Crippen LogP contribution in [-0.4, -0.2) is 91.0 Å². The van der Waals surface area contributed by atoms with Gasteiger partial charge in [-0.15, -0.1) is 0 Å². The van der Waals surface area contributed by atoms with Gasteiger partial charge in [0.1, 0.15) is 0 Å². The first-order valence-corrected chi connectivity index (χ1v) is 52.3. The Morgan fingerprint density at radius 3 is 0.548 bits per heavy atom. The van der Waals surface area contributed by atoms with Gasteiger partial charge in [-0.1, -0.05) is 400 Å². The third kappa shape index (κ3) is 19.6. The molecule has 14 rings (SSSR count). The predicted molar refractivity (Wildman–Crippen MR) is 530 cm³/mol. The van der Waals surface area contributed by atoms with Gasteiger partial charge in [-0.25, -0.2) is 0 Å². The van der Waals surface area contributed by atoms with Crippen molar-refractivity contribution in [1.29, 1.82) is 0 Å². The number of benzene rings is 10. The van der Waals surface area contributed by atoms with Crippen molar-refractivity contribution in [3.63, 3.8) is 0 Å². The van der Waals surface area contributed by atoms with Gasteiger partial charge in [-0.2, -0.15) is 0 Å². The van der Waals surface area contributed by atoms with E-state index in [9.17, 15) is 38.4 Å². The lowest BCUT2D eigenvalue weighted by molar-refractivity contribution is 0.0501. The van der Waals surface area contributed by atoms with Gasteiger partial charge in [-0.05, 0) is 127 Å². The highest BCUT2D eigenvalue weighted by Crippen LogP contribution is 2.54. The maximum absolute atomic E-state index is 14.8. The fraction of sp³-hybridized carbons (Fsp3) is 0.556. The van der Waals surface area contributed by atoms with Crippen LogP contribution in [0.3, 0.4) is 0 Å². The van der Waals surface area contributed by atoms with Crippen LogP contribution in [0.5, 0.6) is 0 Å². The number of amides is 8. The van der Waals surface area contributed by atoms with Crippen LogP contribution >= 0.6 is 63.7 Å². The molecule has 124 heavy (non-hydrogen) atoms. The fourth-order valence-electron chi connectivity index (χ4n) is 21.6. The van der Waals surface area contributed by atoms with Crippen LogP contribution in [0.2, 0.25) is 0 Å². The molecule has 4 heterocycles. The molecule has 10 aromatic rings. The molecule has 0 aromatic heterocycles. The van der Waals surface area contributed by atoms with E-state index in [4.69, 9.17) is 0 Å². The number of hydrogen-bond acceptors (Lipinski definition) is 8. The number of fused-ring (bicyclic) bond motifs is 4. The highest BCUT2D eigenvalue weighted by atomic mass is 79.9. The number of nitrogens with zero attached hydrogens (tertiary/aromatic N) is 4. The monoisotopic (exact) mass is 1930 g/mol. The third-order valence-electron chi connectivity index (χ3n) is 28.2. The van der Waals surface area contributed by atoms with E-state index in [0.717, 1.165) is 237 Å². The zero-order chi connectivity index (χ0) is 87.8. The minimum absolute atomic E-state index is 0.134. The summed E-state index contributed by atoms with van der Waals surface area (Å²) in [6.45, 7) is 17.8. The minimum Gasteiger partial charge on any atom is -0.271 e. The lowest BCUT2D eigenvalue weighted by atomic mass is 9.81. The van der Waals surface area contributed by atoms with Crippen molar-refractivity contribution >= 4 is 197 Å². The first kappa shape index (κ1) is 94.9. The fourth-order valence-corrected chi connectivity index (χ4v) is 24.2. The zero-order valence-corrected chi connectivity index (χ0v) is 82.1. The topological polar surface area (TPSA) is 150 Å². The number of hydrogen-bond donors (Lipinski definition) is 0. The average molecular weight is 1940 g/mol. The number of halogens is 4. The molecule has 0 saturated heterocycles. The standard InChI is InChI=1S/2C54H68Br2N2O4/c1-5-9-13-17-21-25-35(26-22-18-14-10-6-2)57-51(59)39-31-29-37-48-44(56)34-42-46-40(32-30-38(50(46)48)47-43(55)33-41(53(57)61)45(39)49(37)47)52(60)58(54(42)62)36(27-23-19-15-11-7-3)28-24-20-16-12-8-4;1-5-9-13-17-21-25-35(26-22-18-14-10-6-2)57-51(59)39-31-29-37-45-38(30-32-40(46(39)45)52(57)60)49-44(56)34-42-47-41(33-43(55)48(37)50(47)49)53(61)58(54(42)62)36(27-23-19-15-11-7-3)28-24-20-16-12-8-4/h2*29-36H,5-28H2,1-4H3. The molecule has 0 atom stereocenters. The molecule has 16 heteroatoms. The van der Waals surface area contributed by atoms with Gasteiger partial charge in [0.25, 0.3) is 47.3 Å². The summed E-state index contributed by atoms with van der Waals surface area (Å²) < 4.78 is 3.05. The van der Waals surface area contributed by atoms with Crippen molar-refractivity contribution in [1.82, 2.24) is 19.6 Å². The van der Waals surface area contributed by atoms with E-state index in [-0.39, 0.29) is 71.4 Å². The summed E-state index contributed by atoms with van der Waals surface area (Å²) in [4.78, 5) is 125. The quantitative estimate of drug-likeness (QED) is 0.0158. The van der Waals surface area contributed by atoms with Gasteiger partial charge < -0.3 is 0 Å². The Kier molecular flexibility index (Phi) is 34.4. The molecule has 0 unspecified atom stereocenters. The molecule has 664 valence electrons. The Bertz CT molecular complexity index is 5170. The Balaban J connectivity index is 0.000000213. The summed E-state index contributed by atoms with van der Waals surface area (Å²) in [5.74, 6) is -1.66. The molecule has 0 aliphatic carbocycles. The van der Waals surface area contributed by atoms with E-state index >= 15 is 0 Å². The van der Waals surface area contributed by atoms with Gasteiger partial charge in [-0.3, -0.25) is 58.0 Å². The molecular formula is C108H136Br4N4O8. The van der Waals surface area contributed by atoms with E-state index < -0.39 is 0 Å². The van der Waals surface area contributed by atoms with Crippen LogP contribution in [0.25, 0.3) is 86.2 Å². The third-order valence-corrected chi connectivity index (χ3v) is 30.7. The maximum Gasteiger partial charge on any atom is 0.261 e. The second-order valence-corrected chi connectivity index (χ2v) is 40.3. The average Bonchev–Trinajstić information content (AvgIpc) is 0.685. The Morgan fingerprint density at radius 2 is 0.347 bits per heavy atom. The summed E-state index contributed by atoms with van der Waals surface area (Å²) in [6.07, 6.45) is 51.9. The number of carbonyl (C=O) groups is 8. The molecular weight excluding hydrogens is 1800 g/mol. The molecule has 0 bridgehead atoms.